The van der Waals surface area contributed by atoms with Crippen LogP contribution in [0.1, 0.15) is 43.2 Å². The van der Waals surface area contributed by atoms with Gasteiger partial charge in [-0.3, -0.25) is 0 Å². The molecule has 0 heterocycles. The van der Waals surface area contributed by atoms with Crippen molar-refractivity contribution < 1.29 is 0 Å². The molecule has 18 heavy (non-hydrogen) atoms. The van der Waals surface area contributed by atoms with Crippen LogP contribution in [0, 0.1) is 18.8 Å². The summed E-state index contributed by atoms with van der Waals surface area (Å²) in [5.74, 6) is 2.55. The van der Waals surface area contributed by atoms with Gasteiger partial charge in [-0.15, -0.1) is 0 Å². The lowest BCUT2D eigenvalue weighted by atomic mass is 9.80. The zero-order valence-electron chi connectivity index (χ0n) is 11.2. The average molecular weight is 237 g/mol. The van der Waals surface area contributed by atoms with E-state index >= 15 is 0 Å². The van der Waals surface area contributed by atoms with Crippen LogP contribution >= 0.6 is 0 Å². The summed E-state index contributed by atoms with van der Waals surface area (Å²) < 4.78 is 0. The van der Waals surface area contributed by atoms with Crippen molar-refractivity contribution in [3.63, 3.8) is 0 Å². The second-order valence-corrected chi connectivity index (χ2v) is 5.52. The van der Waals surface area contributed by atoms with Crippen LogP contribution in [0.5, 0.6) is 0 Å². The van der Waals surface area contributed by atoms with E-state index in [1.807, 2.05) is 0 Å². The molecule has 0 aromatic heterocycles. The molecule has 0 spiro atoms. The highest BCUT2D eigenvalue weighted by Crippen LogP contribution is 2.46. The standard InChI is InChI=1S/C18H21/c1-14-8-5-6-11-16(14)18-12-4-2-3-9-15-10-7-13-17(15)18/h2,4-6,8,11-12,15H,3,7,9-10,13H2,1H3/b4-2-,18-12-. The Morgan fingerprint density at radius 2 is 2.00 bits per heavy atom. The van der Waals surface area contributed by atoms with Crippen LogP contribution in [0.25, 0.3) is 5.57 Å². The molecule has 1 fully saturated rings. The molecule has 1 aromatic carbocycles. The molecule has 1 unspecified atom stereocenters. The molecule has 0 amide bonds. The van der Waals surface area contributed by atoms with Crippen LogP contribution in [0.2, 0.25) is 0 Å². The Morgan fingerprint density at radius 1 is 1.11 bits per heavy atom. The summed E-state index contributed by atoms with van der Waals surface area (Å²) in [5, 5.41) is 0. The summed E-state index contributed by atoms with van der Waals surface area (Å²) in [5.41, 5.74) is 4.34. The second kappa shape index (κ2) is 5.14. The molecule has 0 heteroatoms. The van der Waals surface area contributed by atoms with Crippen LogP contribution in [-0.4, -0.2) is 0 Å². The predicted molar refractivity (Wildman–Crippen MR) is 78.1 cm³/mol. The van der Waals surface area contributed by atoms with E-state index in [9.17, 15) is 0 Å². The minimum absolute atomic E-state index is 0.834. The number of hydrogen-bond donors (Lipinski definition) is 0. The highest BCUT2D eigenvalue weighted by molar-refractivity contribution is 5.79. The maximum atomic E-state index is 2.34. The fourth-order valence-electron chi connectivity index (χ4n) is 3.39. The van der Waals surface area contributed by atoms with E-state index in [1.54, 1.807) is 5.92 Å². The van der Waals surface area contributed by atoms with Crippen LogP contribution in [0.3, 0.4) is 0 Å². The Bertz CT molecular complexity index is 479. The van der Waals surface area contributed by atoms with E-state index in [2.05, 4.69) is 49.4 Å². The predicted octanol–water partition coefficient (Wildman–Crippen LogP) is 5.10. The summed E-state index contributed by atoms with van der Waals surface area (Å²) in [4.78, 5) is 0. The van der Waals surface area contributed by atoms with Gasteiger partial charge in [0.25, 0.3) is 0 Å². The minimum atomic E-state index is 0.834. The Morgan fingerprint density at radius 3 is 2.89 bits per heavy atom. The molecule has 1 radical (unpaired) electrons. The number of benzene rings is 1. The number of rotatable bonds is 1. The normalized spacial score (nSPS) is 28.9. The molecule has 0 N–H and O–H groups in total. The molecule has 93 valence electrons. The lowest BCUT2D eigenvalue weighted by Gasteiger charge is -2.24. The third kappa shape index (κ3) is 2.16. The van der Waals surface area contributed by atoms with Gasteiger partial charge in [0.05, 0.1) is 0 Å². The van der Waals surface area contributed by atoms with Crippen molar-refractivity contribution in [3.05, 3.63) is 59.5 Å². The summed E-state index contributed by atoms with van der Waals surface area (Å²) >= 11 is 0. The lowest BCUT2D eigenvalue weighted by molar-refractivity contribution is 0.553. The van der Waals surface area contributed by atoms with E-state index < -0.39 is 0 Å². The maximum absolute atomic E-state index is 2.34. The molecule has 1 saturated carbocycles. The maximum Gasteiger partial charge on any atom is 0.00870 e. The van der Waals surface area contributed by atoms with E-state index in [1.165, 1.54) is 48.8 Å². The van der Waals surface area contributed by atoms with Crippen molar-refractivity contribution in [2.75, 3.05) is 0 Å². The topological polar surface area (TPSA) is 0 Å². The first-order valence-corrected chi connectivity index (χ1v) is 7.15. The number of fused-ring (bicyclic) bond motifs is 1. The van der Waals surface area contributed by atoms with Gasteiger partial charge in [0.1, 0.15) is 0 Å². The molecular weight excluding hydrogens is 216 g/mol. The molecule has 1 atom stereocenters. The highest BCUT2D eigenvalue weighted by atomic mass is 14.3. The largest absolute Gasteiger partial charge is 0.0845 e. The molecule has 2 aliphatic carbocycles. The number of hydrogen-bond acceptors (Lipinski definition) is 0. The van der Waals surface area contributed by atoms with Crippen molar-refractivity contribution >= 4 is 5.57 Å². The Balaban J connectivity index is 2.03. The van der Waals surface area contributed by atoms with Gasteiger partial charge < -0.3 is 0 Å². The fourth-order valence-corrected chi connectivity index (χ4v) is 3.39. The van der Waals surface area contributed by atoms with Gasteiger partial charge in [0.15, 0.2) is 0 Å². The molecule has 0 nitrogen and oxygen atoms in total. The van der Waals surface area contributed by atoms with E-state index in [0.717, 1.165) is 5.92 Å². The van der Waals surface area contributed by atoms with Gasteiger partial charge in [0.2, 0.25) is 0 Å². The van der Waals surface area contributed by atoms with Crippen molar-refractivity contribution in [2.24, 2.45) is 5.92 Å². The zero-order chi connectivity index (χ0) is 12.4. The summed E-state index contributed by atoms with van der Waals surface area (Å²) in [7, 11) is 0. The van der Waals surface area contributed by atoms with Gasteiger partial charge in [-0.05, 0) is 55.2 Å². The van der Waals surface area contributed by atoms with Gasteiger partial charge in [-0.2, -0.15) is 0 Å². The monoisotopic (exact) mass is 237 g/mol. The third-order valence-electron chi connectivity index (χ3n) is 4.35. The summed E-state index contributed by atoms with van der Waals surface area (Å²) in [6, 6.07) is 8.80. The fraction of sp³-hybridized carbons (Fsp3) is 0.389. The average Bonchev–Trinajstić information content (AvgIpc) is 2.79. The van der Waals surface area contributed by atoms with Gasteiger partial charge in [0, 0.05) is 5.92 Å². The number of allylic oxidation sites excluding steroid dienone is 4. The van der Waals surface area contributed by atoms with Gasteiger partial charge in [-0.25, -0.2) is 0 Å². The first-order chi connectivity index (χ1) is 8.86. The Labute approximate surface area is 110 Å². The lowest BCUT2D eigenvalue weighted by Crippen LogP contribution is -2.09. The SMILES string of the molecule is Cc1ccccc1/C1=C/C=C\CCC2CCC[C]12. The Kier molecular flexibility index (Phi) is 3.36. The first-order valence-electron chi connectivity index (χ1n) is 7.15. The van der Waals surface area contributed by atoms with Crippen LogP contribution < -0.4 is 0 Å². The summed E-state index contributed by atoms with van der Waals surface area (Å²) in [6.07, 6.45) is 13.6. The van der Waals surface area contributed by atoms with Crippen molar-refractivity contribution in [3.8, 4) is 0 Å². The van der Waals surface area contributed by atoms with Gasteiger partial charge in [-0.1, -0.05) is 48.9 Å². The van der Waals surface area contributed by atoms with E-state index in [-0.39, 0.29) is 0 Å². The third-order valence-corrected chi connectivity index (χ3v) is 4.35. The quantitative estimate of drug-likeness (QED) is 0.637. The van der Waals surface area contributed by atoms with Gasteiger partial charge >= 0.3 is 0 Å². The highest BCUT2D eigenvalue weighted by Gasteiger charge is 2.31. The van der Waals surface area contributed by atoms with Crippen molar-refractivity contribution in [1.29, 1.82) is 0 Å². The molecule has 0 bridgehead atoms. The molecule has 0 saturated heterocycles. The van der Waals surface area contributed by atoms with E-state index in [0.29, 0.717) is 0 Å². The van der Waals surface area contributed by atoms with Crippen molar-refractivity contribution in [1.82, 2.24) is 0 Å². The smallest absolute Gasteiger partial charge is 0.00870 e. The zero-order valence-corrected chi connectivity index (χ0v) is 11.2. The summed E-state index contributed by atoms with van der Waals surface area (Å²) in [6.45, 7) is 2.23. The second-order valence-electron chi connectivity index (χ2n) is 5.52. The molecule has 3 rings (SSSR count). The van der Waals surface area contributed by atoms with Crippen LogP contribution in [-0.2, 0) is 0 Å². The van der Waals surface area contributed by atoms with Crippen LogP contribution in [0.4, 0.5) is 0 Å². The van der Waals surface area contributed by atoms with Crippen LogP contribution in [0.15, 0.2) is 42.5 Å². The molecule has 2 aliphatic rings. The molecule has 1 aromatic rings. The Hall–Kier alpha value is -1.30. The first kappa shape index (κ1) is 11.8. The number of aryl methyl sites for hydroxylation is 1. The van der Waals surface area contributed by atoms with Crippen molar-refractivity contribution in [2.45, 2.75) is 39.0 Å². The minimum Gasteiger partial charge on any atom is -0.0845 e. The molecule has 0 aliphatic heterocycles. The van der Waals surface area contributed by atoms with E-state index in [4.69, 9.17) is 0 Å². The molecular formula is C18H21.